The average Bonchev–Trinajstić information content (AvgIpc) is 2.29. The molecule has 3 nitrogen and oxygen atoms in total. The van der Waals surface area contributed by atoms with E-state index in [0.29, 0.717) is 6.04 Å². The van der Waals surface area contributed by atoms with Gasteiger partial charge in [0.2, 0.25) is 0 Å². The van der Waals surface area contributed by atoms with Crippen LogP contribution in [0.25, 0.3) is 0 Å². The fourth-order valence-corrected chi connectivity index (χ4v) is 2.40. The first kappa shape index (κ1) is 12.9. The summed E-state index contributed by atoms with van der Waals surface area (Å²) in [6, 6.07) is 0.670. The Kier molecular flexibility index (Phi) is 6.22. The van der Waals surface area contributed by atoms with Crippen LogP contribution < -0.4 is 0 Å². The van der Waals surface area contributed by atoms with Crippen LogP contribution >= 0.6 is 0 Å². The monoisotopic (exact) mass is 215 g/mol. The molecule has 0 aromatic heterocycles. The molecule has 1 saturated carbocycles. The summed E-state index contributed by atoms with van der Waals surface area (Å²) >= 11 is 0. The van der Waals surface area contributed by atoms with Crippen molar-refractivity contribution in [3.8, 4) is 0 Å². The minimum Gasteiger partial charge on any atom is -0.395 e. The van der Waals surface area contributed by atoms with E-state index in [1.54, 1.807) is 7.11 Å². The van der Waals surface area contributed by atoms with Crippen molar-refractivity contribution < 1.29 is 9.84 Å². The van der Waals surface area contributed by atoms with Gasteiger partial charge in [-0.05, 0) is 19.8 Å². The van der Waals surface area contributed by atoms with Crippen molar-refractivity contribution in [1.82, 2.24) is 4.90 Å². The van der Waals surface area contributed by atoms with Gasteiger partial charge in [-0.1, -0.05) is 19.3 Å². The Labute approximate surface area is 93.4 Å². The number of nitrogens with zero attached hydrogens (tertiary/aromatic N) is 1. The fourth-order valence-electron chi connectivity index (χ4n) is 2.40. The van der Waals surface area contributed by atoms with Crippen molar-refractivity contribution in [1.29, 1.82) is 0 Å². The molecule has 0 heterocycles. The zero-order chi connectivity index (χ0) is 11.1. The molecule has 0 radical (unpaired) electrons. The first-order chi connectivity index (χ1) is 7.27. The molecule has 1 atom stereocenters. The third-order valence-electron chi connectivity index (χ3n) is 3.37. The van der Waals surface area contributed by atoms with Gasteiger partial charge in [0.15, 0.2) is 0 Å². The lowest BCUT2D eigenvalue weighted by atomic mass is 9.94. The van der Waals surface area contributed by atoms with Gasteiger partial charge >= 0.3 is 0 Å². The molecule has 90 valence electrons. The number of aliphatic hydroxyl groups excluding tert-OH is 1. The maximum atomic E-state index is 9.07. The Morgan fingerprint density at radius 3 is 2.53 bits per heavy atom. The summed E-state index contributed by atoms with van der Waals surface area (Å²) in [5.41, 5.74) is 0. The van der Waals surface area contributed by atoms with Crippen LogP contribution in [0.4, 0.5) is 0 Å². The Hall–Kier alpha value is -0.120. The van der Waals surface area contributed by atoms with E-state index >= 15 is 0 Å². The van der Waals surface area contributed by atoms with Crippen LogP contribution in [0.15, 0.2) is 0 Å². The van der Waals surface area contributed by atoms with Crippen LogP contribution in [-0.4, -0.2) is 49.0 Å². The van der Waals surface area contributed by atoms with Crippen LogP contribution in [0.2, 0.25) is 0 Å². The highest BCUT2D eigenvalue weighted by molar-refractivity contribution is 4.77. The summed E-state index contributed by atoms with van der Waals surface area (Å²) in [7, 11) is 1.75. The van der Waals surface area contributed by atoms with Gasteiger partial charge in [-0.3, -0.25) is 4.90 Å². The van der Waals surface area contributed by atoms with Crippen LogP contribution in [0.5, 0.6) is 0 Å². The van der Waals surface area contributed by atoms with Crippen LogP contribution in [0, 0.1) is 0 Å². The van der Waals surface area contributed by atoms with Crippen molar-refractivity contribution in [3.05, 3.63) is 0 Å². The van der Waals surface area contributed by atoms with Crippen LogP contribution in [0.3, 0.4) is 0 Å². The fraction of sp³-hybridized carbons (Fsp3) is 1.00. The van der Waals surface area contributed by atoms with E-state index in [1.807, 2.05) is 0 Å². The van der Waals surface area contributed by atoms with E-state index in [-0.39, 0.29) is 12.7 Å². The van der Waals surface area contributed by atoms with Gasteiger partial charge in [0.1, 0.15) is 0 Å². The second-order valence-electron chi connectivity index (χ2n) is 4.56. The molecule has 1 aliphatic rings. The van der Waals surface area contributed by atoms with Crippen molar-refractivity contribution >= 4 is 0 Å². The predicted octanol–water partition coefficient (Wildman–Crippen LogP) is 1.65. The number of ether oxygens (including phenoxy) is 1. The van der Waals surface area contributed by atoms with E-state index in [4.69, 9.17) is 9.84 Å². The minimum absolute atomic E-state index is 0.257. The third kappa shape index (κ3) is 4.49. The molecule has 1 fully saturated rings. The van der Waals surface area contributed by atoms with Crippen LogP contribution in [-0.2, 0) is 4.74 Å². The lowest BCUT2D eigenvalue weighted by Crippen LogP contribution is -2.42. The van der Waals surface area contributed by atoms with Gasteiger partial charge in [0.25, 0.3) is 0 Å². The van der Waals surface area contributed by atoms with E-state index in [1.165, 1.54) is 32.1 Å². The molecule has 0 amide bonds. The van der Waals surface area contributed by atoms with Gasteiger partial charge in [-0.2, -0.15) is 0 Å². The smallest absolute Gasteiger partial charge is 0.0670 e. The molecule has 0 aliphatic heterocycles. The Balaban J connectivity index is 2.39. The second kappa shape index (κ2) is 7.20. The Morgan fingerprint density at radius 2 is 2.00 bits per heavy atom. The van der Waals surface area contributed by atoms with E-state index in [2.05, 4.69) is 11.8 Å². The number of aliphatic hydroxyl groups is 1. The molecule has 0 spiro atoms. The average molecular weight is 215 g/mol. The number of hydrogen-bond donors (Lipinski definition) is 1. The summed E-state index contributed by atoms with van der Waals surface area (Å²) in [5.74, 6) is 0. The molecule has 0 saturated heterocycles. The highest BCUT2D eigenvalue weighted by Crippen LogP contribution is 2.22. The molecule has 1 rings (SSSR count). The molecular formula is C12H25NO2. The molecule has 1 N–H and O–H groups in total. The maximum absolute atomic E-state index is 9.07. The summed E-state index contributed by atoms with van der Waals surface area (Å²) in [5, 5.41) is 9.07. The first-order valence-corrected chi connectivity index (χ1v) is 6.15. The summed E-state index contributed by atoms with van der Waals surface area (Å²) in [6.07, 6.45) is 6.90. The lowest BCUT2D eigenvalue weighted by molar-refractivity contribution is 0.0420. The zero-order valence-electron chi connectivity index (χ0n) is 10.1. The quantitative estimate of drug-likeness (QED) is 0.731. The van der Waals surface area contributed by atoms with E-state index < -0.39 is 0 Å². The van der Waals surface area contributed by atoms with Crippen molar-refractivity contribution in [2.45, 2.75) is 51.2 Å². The highest BCUT2D eigenvalue weighted by atomic mass is 16.5. The highest BCUT2D eigenvalue weighted by Gasteiger charge is 2.21. The van der Waals surface area contributed by atoms with Gasteiger partial charge in [0, 0.05) is 26.2 Å². The molecule has 0 bridgehead atoms. The third-order valence-corrected chi connectivity index (χ3v) is 3.37. The normalized spacial score (nSPS) is 20.8. The van der Waals surface area contributed by atoms with Gasteiger partial charge in [-0.25, -0.2) is 0 Å². The van der Waals surface area contributed by atoms with Gasteiger partial charge in [0.05, 0.1) is 12.7 Å². The number of methoxy groups -OCH3 is 1. The largest absolute Gasteiger partial charge is 0.395 e. The summed E-state index contributed by atoms with van der Waals surface area (Å²) in [6.45, 7) is 4.08. The second-order valence-corrected chi connectivity index (χ2v) is 4.56. The predicted molar refractivity (Wildman–Crippen MR) is 62.0 cm³/mol. The summed E-state index contributed by atoms with van der Waals surface area (Å²) in [4.78, 5) is 2.40. The first-order valence-electron chi connectivity index (χ1n) is 6.15. The van der Waals surface area contributed by atoms with Crippen molar-refractivity contribution in [2.24, 2.45) is 0 Å². The minimum atomic E-state index is 0.257. The van der Waals surface area contributed by atoms with E-state index in [0.717, 1.165) is 13.1 Å². The van der Waals surface area contributed by atoms with Crippen molar-refractivity contribution in [3.63, 3.8) is 0 Å². The molecule has 0 aromatic rings. The molecule has 1 unspecified atom stereocenters. The maximum Gasteiger partial charge on any atom is 0.0670 e. The number of hydrogen-bond acceptors (Lipinski definition) is 3. The molecule has 3 heteroatoms. The topological polar surface area (TPSA) is 32.7 Å². The summed E-state index contributed by atoms with van der Waals surface area (Å²) < 4.78 is 5.29. The lowest BCUT2D eigenvalue weighted by Gasteiger charge is -2.35. The molecule has 0 aromatic carbocycles. The van der Waals surface area contributed by atoms with Gasteiger partial charge in [-0.15, -0.1) is 0 Å². The molecular weight excluding hydrogens is 190 g/mol. The van der Waals surface area contributed by atoms with Gasteiger partial charge < -0.3 is 9.84 Å². The van der Waals surface area contributed by atoms with E-state index in [9.17, 15) is 0 Å². The zero-order valence-corrected chi connectivity index (χ0v) is 10.1. The Bertz CT molecular complexity index is 158. The Morgan fingerprint density at radius 1 is 1.33 bits per heavy atom. The van der Waals surface area contributed by atoms with Crippen molar-refractivity contribution in [2.75, 3.05) is 26.8 Å². The molecule has 15 heavy (non-hydrogen) atoms. The number of rotatable bonds is 6. The SMILES string of the molecule is COC(C)CN(CCO)C1CCCCC1. The standard InChI is InChI=1S/C12H25NO2/c1-11(15-2)10-13(8-9-14)12-6-4-3-5-7-12/h11-12,14H,3-10H2,1-2H3. The molecule has 1 aliphatic carbocycles. The van der Waals surface area contributed by atoms with Crippen LogP contribution in [0.1, 0.15) is 39.0 Å².